The van der Waals surface area contributed by atoms with E-state index in [1.165, 1.54) is 24.3 Å². The Morgan fingerprint density at radius 1 is 0.778 bits per heavy atom. The van der Waals surface area contributed by atoms with Crippen molar-refractivity contribution in [3.63, 3.8) is 0 Å². The Kier molecular flexibility index (Phi) is 12.3. The summed E-state index contributed by atoms with van der Waals surface area (Å²) >= 11 is 0. The molecule has 3 amide bonds. The smallest absolute Gasteiger partial charge is 0.447 e. The van der Waals surface area contributed by atoms with Crippen LogP contribution in [0.3, 0.4) is 0 Å². The highest BCUT2D eigenvalue weighted by Crippen LogP contribution is 2.25. The standard InChI is InChI=1S/C33H33N3O9.2H2/c34-31(38)26-11-13-28(14-12-26)45-33(40)44-22-20-42-18-17-41-19-21-43-32(39)35-16-15-30(37)36-23-27-7-2-1-5-24(27)9-10-25-6-3-4-8-29(25)36;;/h1-8,11-14H,15-23H2,(H2,34,38)(H,35,39);2*1H. The van der Waals surface area contributed by atoms with E-state index in [1.807, 2.05) is 48.5 Å². The number of rotatable bonds is 14. The Hall–Kier alpha value is -5.38. The van der Waals surface area contributed by atoms with Crippen LogP contribution in [0.2, 0.25) is 0 Å². The molecule has 3 aromatic rings. The van der Waals surface area contributed by atoms with Crippen molar-refractivity contribution in [1.29, 1.82) is 0 Å². The van der Waals surface area contributed by atoms with Gasteiger partial charge in [-0.3, -0.25) is 9.59 Å². The van der Waals surface area contributed by atoms with Crippen molar-refractivity contribution in [3.05, 3.63) is 95.1 Å². The van der Waals surface area contributed by atoms with Crippen molar-refractivity contribution in [1.82, 2.24) is 5.32 Å². The molecular formula is C33H37N3O9. The predicted octanol–water partition coefficient (Wildman–Crippen LogP) is 3.89. The van der Waals surface area contributed by atoms with Crippen molar-refractivity contribution in [3.8, 4) is 17.6 Å². The van der Waals surface area contributed by atoms with Crippen LogP contribution in [0.15, 0.2) is 72.8 Å². The zero-order valence-electron chi connectivity index (χ0n) is 24.5. The van der Waals surface area contributed by atoms with Crippen LogP contribution in [-0.4, -0.2) is 70.2 Å². The summed E-state index contributed by atoms with van der Waals surface area (Å²) in [6, 6.07) is 20.9. The van der Waals surface area contributed by atoms with Crippen LogP contribution in [-0.2, 0) is 30.3 Å². The lowest BCUT2D eigenvalue weighted by molar-refractivity contribution is -0.118. The third kappa shape index (κ3) is 10.4. The van der Waals surface area contributed by atoms with Gasteiger partial charge in [0.15, 0.2) is 0 Å². The molecule has 12 heteroatoms. The molecule has 0 atom stereocenters. The van der Waals surface area contributed by atoms with Gasteiger partial charge in [0.1, 0.15) is 19.0 Å². The number of fused-ring (bicyclic) bond motifs is 2. The SMILES string of the molecule is NC(=O)c1ccc(OC(=O)OCCOCCOCCOC(=O)NCCC(=O)N2Cc3ccccc3C#Cc3ccccc32)cc1.[HH].[HH]. The molecule has 1 aliphatic rings. The summed E-state index contributed by atoms with van der Waals surface area (Å²) in [6.07, 6.45) is -1.48. The largest absolute Gasteiger partial charge is 0.513 e. The van der Waals surface area contributed by atoms with Crippen molar-refractivity contribution >= 4 is 29.8 Å². The zero-order valence-corrected chi connectivity index (χ0v) is 24.5. The van der Waals surface area contributed by atoms with Crippen LogP contribution < -0.4 is 20.7 Å². The number of carbonyl (C=O) groups is 4. The summed E-state index contributed by atoms with van der Waals surface area (Å²) in [4.78, 5) is 49.7. The number of hydrogen-bond donors (Lipinski definition) is 2. The summed E-state index contributed by atoms with van der Waals surface area (Å²) in [5.41, 5.74) is 8.77. The molecule has 3 N–H and O–H groups in total. The van der Waals surface area contributed by atoms with E-state index in [0.717, 1.165) is 22.4 Å². The number of alkyl carbamates (subject to hydrolysis) is 1. The fourth-order valence-electron chi connectivity index (χ4n) is 4.18. The molecule has 0 spiro atoms. The maximum atomic E-state index is 13.2. The van der Waals surface area contributed by atoms with Gasteiger partial charge < -0.3 is 39.6 Å². The summed E-state index contributed by atoms with van der Waals surface area (Å²) in [5.74, 6) is 5.82. The second-order valence-electron chi connectivity index (χ2n) is 9.53. The van der Waals surface area contributed by atoms with Gasteiger partial charge >= 0.3 is 12.2 Å². The molecule has 0 fully saturated rings. The molecule has 1 aliphatic heterocycles. The normalized spacial score (nSPS) is 11.4. The lowest BCUT2D eigenvalue weighted by atomic mass is 10.0. The number of nitrogens with two attached hydrogens (primary N) is 1. The van der Waals surface area contributed by atoms with Gasteiger partial charge in [-0.25, -0.2) is 9.59 Å². The molecule has 0 bridgehead atoms. The molecule has 4 rings (SSSR count). The molecule has 0 aliphatic carbocycles. The minimum absolute atomic E-state index is 0. The maximum Gasteiger partial charge on any atom is 0.513 e. The van der Waals surface area contributed by atoms with E-state index in [1.54, 1.807) is 4.90 Å². The van der Waals surface area contributed by atoms with Crippen LogP contribution in [0.4, 0.5) is 15.3 Å². The maximum absolute atomic E-state index is 13.2. The van der Waals surface area contributed by atoms with Crippen molar-refractivity contribution in [2.75, 3.05) is 51.1 Å². The van der Waals surface area contributed by atoms with Crippen molar-refractivity contribution < 1.29 is 45.7 Å². The molecular weight excluding hydrogens is 582 g/mol. The third-order valence-corrected chi connectivity index (χ3v) is 6.40. The highest BCUT2D eigenvalue weighted by Gasteiger charge is 2.21. The van der Waals surface area contributed by atoms with Gasteiger partial charge in [-0.05, 0) is 48.0 Å². The van der Waals surface area contributed by atoms with E-state index in [9.17, 15) is 19.2 Å². The predicted molar refractivity (Wildman–Crippen MR) is 167 cm³/mol. The number of nitrogens with one attached hydrogen (secondary N) is 1. The Bertz CT molecular complexity index is 1560. The van der Waals surface area contributed by atoms with Gasteiger partial charge in [0.2, 0.25) is 11.8 Å². The number of hydrogen-bond acceptors (Lipinski definition) is 9. The number of ether oxygens (including phenoxy) is 5. The van der Waals surface area contributed by atoms with Gasteiger partial charge in [0.25, 0.3) is 0 Å². The van der Waals surface area contributed by atoms with Gasteiger partial charge in [0.05, 0.1) is 38.7 Å². The number of carbonyl (C=O) groups excluding carboxylic acids is 4. The van der Waals surface area contributed by atoms with Crippen LogP contribution in [0.5, 0.6) is 5.75 Å². The number of nitrogens with zero attached hydrogens (tertiary/aromatic N) is 1. The van der Waals surface area contributed by atoms with E-state index in [2.05, 4.69) is 17.2 Å². The lowest BCUT2D eigenvalue weighted by Crippen LogP contribution is -2.35. The molecule has 0 saturated carbocycles. The molecule has 0 radical (unpaired) electrons. The topological polar surface area (TPSA) is 156 Å². The molecule has 238 valence electrons. The van der Waals surface area contributed by atoms with E-state index < -0.39 is 18.2 Å². The molecule has 0 unspecified atom stereocenters. The van der Waals surface area contributed by atoms with Crippen molar-refractivity contribution in [2.24, 2.45) is 5.73 Å². The van der Waals surface area contributed by atoms with Crippen LogP contribution >= 0.6 is 0 Å². The van der Waals surface area contributed by atoms with Gasteiger partial charge in [0, 0.05) is 32.5 Å². The van der Waals surface area contributed by atoms with Crippen molar-refractivity contribution in [2.45, 2.75) is 13.0 Å². The summed E-state index contributed by atoms with van der Waals surface area (Å²) in [7, 11) is 0. The minimum Gasteiger partial charge on any atom is -0.447 e. The van der Waals surface area contributed by atoms with E-state index in [-0.39, 0.29) is 67.1 Å². The number of para-hydroxylation sites is 1. The summed E-state index contributed by atoms with van der Waals surface area (Å²) in [5, 5.41) is 2.59. The first-order valence-corrected chi connectivity index (χ1v) is 14.2. The molecule has 1 heterocycles. The van der Waals surface area contributed by atoms with Crippen LogP contribution in [0, 0.1) is 11.8 Å². The molecule has 3 aromatic carbocycles. The Balaban J connectivity index is 0.00000384. The van der Waals surface area contributed by atoms with Gasteiger partial charge in [-0.15, -0.1) is 0 Å². The Morgan fingerprint density at radius 2 is 1.40 bits per heavy atom. The minimum atomic E-state index is -0.912. The monoisotopic (exact) mass is 619 g/mol. The highest BCUT2D eigenvalue weighted by atomic mass is 16.7. The average molecular weight is 620 g/mol. The molecule has 0 saturated heterocycles. The van der Waals surface area contributed by atoms with Crippen LogP contribution in [0.25, 0.3) is 0 Å². The average Bonchev–Trinajstić information content (AvgIpc) is 3.03. The number of benzene rings is 3. The van der Waals surface area contributed by atoms with Crippen LogP contribution in [0.1, 0.15) is 36.3 Å². The van der Waals surface area contributed by atoms with E-state index in [4.69, 9.17) is 29.4 Å². The molecule has 12 nitrogen and oxygen atoms in total. The van der Waals surface area contributed by atoms with E-state index in [0.29, 0.717) is 12.1 Å². The fraction of sp³-hybridized carbons (Fsp3) is 0.273. The number of amides is 3. The summed E-state index contributed by atoms with van der Waals surface area (Å²) in [6.45, 7) is 1.21. The van der Waals surface area contributed by atoms with Gasteiger partial charge in [-0.2, -0.15) is 0 Å². The quantitative estimate of drug-likeness (QED) is 0.118. The second kappa shape index (κ2) is 17.0. The second-order valence-corrected chi connectivity index (χ2v) is 9.53. The number of anilines is 1. The first-order chi connectivity index (χ1) is 21.9. The third-order valence-electron chi connectivity index (χ3n) is 6.40. The number of primary amides is 1. The zero-order chi connectivity index (χ0) is 31.9. The first kappa shape index (κ1) is 32.5. The summed E-state index contributed by atoms with van der Waals surface area (Å²) < 4.78 is 25.6. The lowest BCUT2D eigenvalue weighted by Gasteiger charge is -2.26. The molecule has 0 aromatic heterocycles. The Labute approximate surface area is 263 Å². The first-order valence-electron chi connectivity index (χ1n) is 14.2. The van der Waals surface area contributed by atoms with Gasteiger partial charge in [-0.1, -0.05) is 42.2 Å². The molecule has 45 heavy (non-hydrogen) atoms. The fourth-order valence-corrected chi connectivity index (χ4v) is 4.18. The Morgan fingerprint density at radius 3 is 2.13 bits per heavy atom. The highest BCUT2D eigenvalue weighted by molar-refractivity contribution is 5.95. The van der Waals surface area contributed by atoms with E-state index >= 15 is 0 Å².